The highest BCUT2D eigenvalue weighted by atomic mass is 32.2. The quantitative estimate of drug-likeness (QED) is 0.627. The number of amides is 3. The minimum Gasteiger partial charge on any atom is -0.369 e. The third-order valence-corrected chi connectivity index (χ3v) is 4.72. The van der Waals surface area contributed by atoms with Crippen molar-refractivity contribution in [2.45, 2.75) is 6.42 Å². The first kappa shape index (κ1) is 18.0. The molecule has 0 bridgehead atoms. The second kappa shape index (κ2) is 9.09. The summed E-state index contributed by atoms with van der Waals surface area (Å²) in [4.78, 5) is 35.1. The van der Waals surface area contributed by atoms with Gasteiger partial charge in [0.25, 0.3) is 5.91 Å². The van der Waals surface area contributed by atoms with Gasteiger partial charge in [-0.15, -0.1) is 11.3 Å². The highest BCUT2D eigenvalue weighted by Gasteiger charge is 2.08. The molecule has 0 spiro atoms. The van der Waals surface area contributed by atoms with E-state index >= 15 is 0 Å². The summed E-state index contributed by atoms with van der Waals surface area (Å²) in [6.07, 6.45) is 0.281. The third-order valence-electron chi connectivity index (χ3n) is 2.87. The van der Waals surface area contributed by atoms with Crippen LogP contribution in [0.2, 0.25) is 0 Å². The summed E-state index contributed by atoms with van der Waals surface area (Å²) >= 11 is 2.68. The maximum Gasteiger partial charge on any atom is 0.265 e. The fraction of sp³-hybridized carbons (Fsp3) is 0.188. The van der Waals surface area contributed by atoms with Crippen molar-refractivity contribution in [3.63, 3.8) is 0 Å². The lowest BCUT2D eigenvalue weighted by Gasteiger charge is -2.08. The summed E-state index contributed by atoms with van der Waals surface area (Å²) in [5, 5.41) is 7.38. The molecule has 0 radical (unpaired) electrons. The van der Waals surface area contributed by atoms with E-state index in [1.807, 2.05) is 11.4 Å². The molecule has 0 saturated carbocycles. The molecule has 2 aromatic rings. The smallest absolute Gasteiger partial charge is 0.265 e. The fourth-order valence-corrected chi connectivity index (χ4v) is 3.13. The van der Waals surface area contributed by atoms with Crippen LogP contribution >= 0.6 is 23.1 Å². The normalized spacial score (nSPS) is 10.2. The highest BCUT2D eigenvalue weighted by molar-refractivity contribution is 7.99. The molecule has 0 aliphatic heterocycles. The number of thiophene rings is 1. The SMILES string of the molecule is NC(=O)CSCCC(=O)Nc1cccc(NC(=O)c2cccs2)c1. The van der Waals surface area contributed by atoms with Crippen molar-refractivity contribution >= 4 is 52.2 Å². The van der Waals surface area contributed by atoms with Crippen LogP contribution in [0, 0.1) is 0 Å². The molecule has 3 amide bonds. The Morgan fingerprint density at radius 2 is 1.83 bits per heavy atom. The number of hydrogen-bond donors (Lipinski definition) is 3. The zero-order chi connectivity index (χ0) is 17.4. The minimum absolute atomic E-state index is 0.159. The maximum atomic E-state index is 12.0. The maximum absolute atomic E-state index is 12.0. The van der Waals surface area contributed by atoms with Gasteiger partial charge in [0, 0.05) is 23.5 Å². The molecule has 0 unspecified atom stereocenters. The summed E-state index contributed by atoms with van der Waals surface area (Å²) in [7, 11) is 0. The molecular formula is C16H17N3O3S2. The molecule has 1 heterocycles. The van der Waals surface area contributed by atoms with E-state index in [2.05, 4.69) is 10.6 Å². The molecule has 1 aromatic carbocycles. The highest BCUT2D eigenvalue weighted by Crippen LogP contribution is 2.18. The van der Waals surface area contributed by atoms with Gasteiger partial charge in [0.1, 0.15) is 0 Å². The molecule has 0 saturated heterocycles. The van der Waals surface area contributed by atoms with Crippen molar-refractivity contribution < 1.29 is 14.4 Å². The zero-order valence-electron chi connectivity index (χ0n) is 12.8. The Bertz CT molecular complexity index is 717. The van der Waals surface area contributed by atoms with Crippen LogP contribution in [0.3, 0.4) is 0 Å². The number of primary amides is 1. The first-order valence-electron chi connectivity index (χ1n) is 7.15. The number of rotatable bonds is 8. The first-order chi connectivity index (χ1) is 11.5. The lowest BCUT2D eigenvalue weighted by molar-refractivity contribution is -0.116. The van der Waals surface area contributed by atoms with Crippen LogP contribution in [0.4, 0.5) is 11.4 Å². The molecule has 8 heteroatoms. The van der Waals surface area contributed by atoms with Crippen molar-refractivity contribution in [3.8, 4) is 0 Å². The summed E-state index contributed by atoms with van der Waals surface area (Å²) in [6, 6.07) is 10.5. The van der Waals surface area contributed by atoms with Gasteiger partial charge < -0.3 is 16.4 Å². The largest absolute Gasteiger partial charge is 0.369 e. The number of nitrogens with two attached hydrogens (primary N) is 1. The van der Waals surface area contributed by atoms with Gasteiger partial charge in [-0.3, -0.25) is 14.4 Å². The Labute approximate surface area is 147 Å². The molecule has 126 valence electrons. The van der Waals surface area contributed by atoms with E-state index in [4.69, 9.17) is 5.73 Å². The van der Waals surface area contributed by atoms with Crippen molar-refractivity contribution in [3.05, 3.63) is 46.7 Å². The molecule has 4 N–H and O–H groups in total. The molecule has 1 aromatic heterocycles. The topological polar surface area (TPSA) is 101 Å². The van der Waals surface area contributed by atoms with Gasteiger partial charge in [-0.25, -0.2) is 0 Å². The van der Waals surface area contributed by atoms with Crippen LogP contribution in [0.15, 0.2) is 41.8 Å². The van der Waals surface area contributed by atoms with Gasteiger partial charge in [0.2, 0.25) is 11.8 Å². The molecule has 0 aliphatic carbocycles. The molecular weight excluding hydrogens is 346 g/mol. The first-order valence-corrected chi connectivity index (χ1v) is 9.19. The molecule has 24 heavy (non-hydrogen) atoms. The average molecular weight is 363 g/mol. The molecule has 6 nitrogen and oxygen atoms in total. The minimum atomic E-state index is -0.394. The van der Waals surface area contributed by atoms with Crippen LogP contribution in [-0.4, -0.2) is 29.2 Å². The zero-order valence-corrected chi connectivity index (χ0v) is 14.4. The van der Waals surface area contributed by atoms with Gasteiger partial charge in [-0.05, 0) is 29.6 Å². The van der Waals surface area contributed by atoms with Crippen LogP contribution in [0.5, 0.6) is 0 Å². The monoisotopic (exact) mass is 363 g/mol. The molecule has 0 atom stereocenters. The van der Waals surface area contributed by atoms with Crippen molar-refractivity contribution in [1.82, 2.24) is 0 Å². The number of anilines is 2. The number of benzene rings is 1. The van der Waals surface area contributed by atoms with Gasteiger partial charge >= 0.3 is 0 Å². The molecule has 0 fully saturated rings. The van der Waals surface area contributed by atoms with Crippen LogP contribution in [0.1, 0.15) is 16.1 Å². The second-order valence-electron chi connectivity index (χ2n) is 4.83. The van der Waals surface area contributed by atoms with Gasteiger partial charge in [0.15, 0.2) is 0 Å². The number of thioether (sulfide) groups is 1. The Kier molecular flexibility index (Phi) is 6.83. The molecule has 2 rings (SSSR count). The number of carbonyl (C=O) groups excluding carboxylic acids is 3. The lowest BCUT2D eigenvalue weighted by atomic mass is 10.2. The third kappa shape index (κ3) is 6.05. The second-order valence-corrected chi connectivity index (χ2v) is 6.88. The summed E-state index contributed by atoms with van der Waals surface area (Å²) in [5.74, 6) is -0.0132. The van der Waals surface area contributed by atoms with E-state index < -0.39 is 5.91 Å². The predicted molar refractivity (Wildman–Crippen MR) is 98.5 cm³/mol. The Morgan fingerprint density at radius 1 is 1.08 bits per heavy atom. The predicted octanol–water partition coefficient (Wildman–Crippen LogP) is 2.55. The van der Waals surface area contributed by atoms with Crippen molar-refractivity contribution in [1.29, 1.82) is 0 Å². The summed E-state index contributed by atoms with van der Waals surface area (Å²) in [5.41, 5.74) is 6.24. The van der Waals surface area contributed by atoms with E-state index in [9.17, 15) is 14.4 Å². The van der Waals surface area contributed by atoms with Gasteiger partial charge in [0.05, 0.1) is 10.6 Å². The standard InChI is InChI=1S/C16H17N3O3S2/c17-14(20)10-23-8-6-15(21)18-11-3-1-4-12(9-11)19-16(22)13-5-2-7-24-13/h1-5,7,9H,6,8,10H2,(H2,17,20)(H,18,21)(H,19,22). The number of nitrogens with one attached hydrogen (secondary N) is 2. The Morgan fingerprint density at radius 3 is 2.50 bits per heavy atom. The Hall–Kier alpha value is -2.32. The summed E-state index contributed by atoms with van der Waals surface area (Å²) < 4.78 is 0. The van der Waals surface area contributed by atoms with E-state index in [1.165, 1.54) is 23.1 Å². The van der Waals surface area contributed by atoms with Crippen LogP contribution in [-0.2, 0) is 9.59 Å². The number of carbonyl (C=O) groups is 3. The van der Waals surface area contributed by atoms with Crippen molar-refractivity contribution in [2.24, 2.45) is 5.73 Å². The lowest BCUT2D eigenvalue weighted by Crippen LogP contribution is -2.16. The summed E-state index contributed by atoms with van der Waals surface area (Å²) in [6.45, 7) is 0. The molecule has 0 aliphatic rings. The number of hydrogen-bond acceptors (Lipinski definition) is 5. The van der Waals surface area contributed by atoms with E-state index in [0.29, 0.717) is 22.0 Å². The van der Waals surface area contributed by atoms with Gasteiger partial charge in [-0.2, -0.15) is 11.8 Å². The Balaban J connectivity index is 1.84. The average Bonchev–Trinajstić information content (AvgIpc) is 3.06. The van der Waals surface area contributed by atoms with E-state index in [-0.39, 0.29) is 24.0 Å². The van der Waals surface area contributed by atoms with E-state index in [1.54, 1.807) is 30.3 Å². The van der Waals surface area contributed by atoms with E-state index in [0.717, 1.165) is 0 Å². The van der Waals surface area contributed by atoms with Crippen LogP contribution in [0.25, 0.3) is 0 Å². The van der Waals surface area contributed by atoms with Crippen LogP contribution < -0.4 is 16.4 Å². The van der Waals surface area contributed by atoms with Crippen molar-refractivity contribution in [2.75, 3.05) is 22.1 Å². The fourth-order valence-electron chi connectivity index (χ4n) is 1.84. The van der Waals surface area contributed by atoms with Gasteiger partial charge in [-0.1, -0.05) is 12.1 Å².